The van der Waals surface area contributed by atoms with Crippen molar-refractivity contribution in [2.24, 2.45) is 0 Å². The fourth-order valence-corrected chi connectivity index (χ4v) is 1.49. The molecule has 0 bridgehead atoms. The van der Waals surface area contributed by atoms with Crippen LogP contribution in [-0.4, -0.2) is 19.8 Å². The molecule has 1 unspecified atom stereocenters. The smallest absolute Gasteiger partial charge is 0.123 e. The molecule has 94 valence electrons. The van der Waals surface area contributed by atoms with Gasteiger partial charge in [-0.1, -0.05) is 24.3 Å². The standard InChI is InChI=1S/C14H20FNO/c1-11(2)10-17-8-7-16-12(3)13-5-4-6-14(15)9-13/h4-6,9,12,16H,1,7-8,10H2,2-3H3. The fraction of sp³-hybridized carbons (Fsp3) is 0.429. The van der Waals surface area contributed by atoms with E-state index in [2.05, 4.69) is 11.9 Å². The third-order valence-corrected chi connectivity index (χ3v) is 2.39. The number of halogens is 1. The molecule has 2 nitrogen and oxygen atoms in total. The van der Waals surface area contributed by atoms with Crippen molar-refractivity contribution in [3.63, 3.8) is 0 Å². The lowest BCUT2D eigenvalue weighted by Crippen LogP contribution is -2.23. The molecule has 0 spiro atoms. The first-order valence-corrected chi connectivity index (χ1v) is 5.80. The number of benzene rings is 1. The van der Waals surface area contributed by atoms with E-state index in [-0.39, 0.29) is 11.9 Å². The summed E-state index contributed by atoms with van der Waals surface area (Å²) >= 11 is 0. The van der Waals surface area contributed by atoms with Crippen LogP contribution in [0.25, 0.3) is 0 Å². The molecule has 0 aliphatic rings. The third kappa shape index (κ3) is 5.61. The van der Waals surface area contributed by atoms with E-state index in [9.17, 15) is 4.39 Å². The van der Waals surface area contributed by atoms with Crippen molar-refractivity contribution in [2.45, 2.75) is 19.9 Å². The van der Waals surface area contributed by atoms with Gasteiger partial charge in [-0.2, -0.15) is 0 Å². The Morgan fingerprint density at radius 2 is 2.29 bits per heavy atom. The second-order valence-corrected chi connectivity index (χ2v) is 4.24. The van der Waals surface area contributed by atoms with Crippen LogP contribution in [0.3, 0.4) is 0 Å². The number of nitrogens with one attached hydrogen (secondary N) is 1. The van der Waals surface area contributed by atoms with Gasteiger partial charge in [0.1, 0.15) is 5.82 Å². The average molecular weight is 237 g/mol. The molecule has 17 heavy (non-hydrogen) atoms. The molecule has 0 fully saturated rings. The summed E-state index contributed by atoms with van der Waals surface area (Å²) in [5.74, 6) is -0.199. The van der Waals surface area contributed by atoms with Crippen LogP contribution < -0.4 is 5.32 Å². The zero-order valence-corrected chi connectivity index (χ0v) is 10.5. The van der Waals surface area contributed by atoms with Crippen molar-refractivity contribution in [2.75, 3.05) is 19.8 Å². The summed E-state index contributed by atoms with van der Waals surface area (Å²) in [6, 6.07) is 6.76. The molecule has 1 N–H and O–H groups in total. The highest BCUT2D eigenvalue weighted by molar-refractivity contribution is 5.19. The summed E-state index contributed by atoms with van der Waals surface area (Å²) in [7, 11) is 0. The van der Waals surface area contributed by atoms with E-state index in [1.54, 1.807) is 12.1 Å². The Kier molecular flexibility index (Phi) is 5.87. The lowest BCUT2D eigenvalue weighted by atomic mass is 10.1. The first kappa shape index (κ1) is 13.9. The molecule has 1 aromatic rings. The van der Waals surface area contributed by atoms with Crippen molar-refractivity contribution in [3.8, 4) is 0 Å². The van der Waals surface area contributed by atoms with Crippen molar-refractivity contribution < 1.29 is 9.13 Å². The predicted octanol–water partition coefficient (Wildman–Crippen LogP) is 3.07. The second kappa shape index (κ2) is 7.20. The summed E-state index contributed by atoms with van der Waals surface area (Å²) in [4.78, 5) is 0. The quantitative estimate of drug-likeness (QED) is 0.581. The molecule has 0 aliphatic carbocycles. The topological polar surface area (TPSA) is 21.3 Å². The van der Waals surface area contributed by atoms with Gasteiger partial charge >= 0.3 is 0 Å². The molecule has 0 saturated carbocycles. The maximum atomic E-state index is 13.0. The minimum atomic E-state index is -0.199. The molecule has 0 heterocycles. The Hall–Kier alpha value is -1.19. The highest BCUT2D eigenvalue weighted by atomic mass is 19.1. The lowest BCUT2D eigenvalue weighted by molar-refractivity contribution is 0.156. The number of hydrogen-bond acceptors (Lipinski definition) is 2. The molecule has 1 rings (SSSR count). The Morgan fingerprint density at radius 1 is 1.53 bits per heavy atom. The van der Waals surface area contributed by atoms with Gasteiger partial charge in [0.25, 0.3) is 0 Å². The zero-order chi connectivity index (χ0) is 12.7. The Labute approximate surface area is 102 Å². The van der Waals surface area contributed by atoms with Gasteiger partial charge in [-0.15, -0.1) is 0 Å². The van der Waals surface area contributed by atoms with Crippen molar-refractivity contribution >= 4 is 0 Å². The van der Waals surface area contributed by atoms with Gasteiger partial charge in [0, 0.05) is 12.6 Å². The van der Waals surface area contributed by atoms with Gasteiger partial charge in [0.15, 0.2) is 0 Å². The Morgan fingerprint density at radius 3 is 2.94 bits per heavy atom. The van der Waals surface area contributed by atoms with E-state index in [1.807, 2.05) is 19.9 Å². The third-order valence-electron chi connectivity index (χ3n) is 2.39. The zero-order valence-electron chi connectivity index (χ0n) is 10.5. The molecule has 1 atom stereocenters. The van der Waals surface area contributed by atoms with Gasteiger partial charge in [-0.05, 0) is 31.5 Å². The Balaban J connectivity index is 2.25. The van der Waals surface area contributed by atoms with Crippen LogP contribution in [0.4, 0.5) is 4.39 Å². The molecule has 0 aromatic heterocycles. The van der Waals surface area contributed by atoms with Crippen molar-refractivity contribution in [1.29, 1.82) is 0 Å². The van der Waals surface area contributed by atoms with Crippen LogP contribution >= 0.6 is 0 Å². The van der Waals surface area contributed by atoms with Crippen LogP contribution in [0.5, 0.6) is 0 Å². The van der Waals surface area contributed by atoms with Gasteiger partial charge in [-0.25, -0.2) is 4.39 Å². The number of ether oxygens (including phenoxy) is 1. The van der Waals surface area contributed by atoms with Crippen LogP contribution in [0.15, 0.2) is 36.4 Å². The SMILES string of the molecule is C=C(C)COCCNC(C)c1cccc(F)c1. The van der Waals surface area contributed by atoms with Gasteiger partial charge in [0.2, 0.25) is 0 Å². The lowest BCUT2D eigenvalue weighted by Gasteiger charge is -2.14. The molecular formula is C14H20FNO. The summed E-state index contributed by atoms with van der Waals surface area (Å²) in [6.45, 7) is 9.66. The van der Waals surface area contributed by atoms with Crippen LogP contribution in [0, 0.1) is 5.82 Å². The first-order chi connectivity index (χ1) is 8.09. The van der Waals surface area contributed by atoms with Crippen LogP contribution in [0.2, 0.25) is 0 Å². The minimum Gasteiger partial charge on any atom is -0.376 e. The summed E-state index contributed by atoms with van der Waals surface area (Å²) in [5.41, 5.74) is 1.97. The van der Waals surface area contributed by atoms with Crippen LogP contribution in [0.1, 0.15) is 25.5 Å². The molecule has 0 radical (unpaired) electrons. The summed E-state index contributed by atoms with van der Waals surface area (Å²) in [6.07, 6.45) is 0. The monoisotopic (exact) mass is 237 g/mol. The minimum absolute atomic E-state index is 0.124. The predicted molar refractivity (Wildman–Crippen MR) is 68.5 cm³/mol. The average Bonchev–Trinajstić information content (AvgIpc) is 2.28. The van der Waals surface area contributed by atoms with Crippen LogP contribution in [-0.2, 0) is 4.74 Å². The molecule has 0 amide bonds. The molecule has 3 heteroatoms. The fourth-order valence-electron chi connectivity index (χ4n) is 1.49. The van der Waals surface area contributed by atoms with Gasteiger partial charge in [0.05, 0.1) is 13.2 Å². The Bertz CT molecular complexity index is 365. The van der Waals surface area contributed by atoms with Crippen molar-refractivity contribution in [1.82, 2.24) is 5.32 Å². The first-order valence-electron chi connectivity index (χ1n) is 5.80. The van der Waals surface area contributed by atoms with E-state index in [4.69, 9.17) is 4.74 Å². The highest BCUT2D eigenvalue weighted by Crippen LogP contribution is 2.12. The van der Waals surface area contributed by atoms with E-state index >= 15 is 0 Å². The molecular weight excluding hydrogens is 217 g/mol. The second-order valence-electron chi connectivity index (χ2n) is 4.24. The maximum Gasteiger partial charge on any atom is 0.123 e. The van der Waals surface area contributed by atoms with E-state index < -0.39 is 0 Å². The number of rotatable bonds is 7. The van der Waals surface area contributed by atoms with Crippen molar-refractivity contribution in [3.05, 3.63) is 47.8 Å². The van der Waals surface area contributed by atoms with E-state index in [0.29, 0.717) is 13.2 Å². The largest absolute Gasteiger partial charge is 0.376 e. The summed E-state index contributed by atoms with van der Waals surface area (Å²) in [5, 5.41) is 3.28. The van der Waals surface area contributed by atoms with Gasteiger partial charge < -0.3 is 10.1 Å². The van der Waals surface area contributed by atoms with E-state index in [0.717, 1.165) is 17.7 Å². The highest BCUT2D eigenvalue weighted by Gasteiger charge is 2.04. The summed E-state index contributed by atoms with van der Waals surface area (Å²) < 4.78 is 18.4. The van der Waals surface area contributed by atoms with Gasteiger partial charge in [-0.3, -0.25) is 0 Å². The normalized spacial score (nSPS) is 12.4. The molecule has 1 aromatic carbocycles. The number of hydrogen-bond donors (Lipinski definition) is 1. The molecule has 0 saturated heterocycles. The van der Waals surface area contributed by atoms with E-state index in [1.165, 1.54) is 6.07 Å². The maximum absolute atomic E-state index is 13.0. The molecule has 0 aliphatic heterocycles.